The van der Waals surface area contributed by atoms with Crippen LogP contribution in [0.25, 0.3) is 10.9 Å². The number of hydrogen-bond acceptors (Lipinski definition) is 3. The fourth-order valence-corrected chi connectivity index (χ4v) is 2.68. The summed E-state index contributed by atoms with van der Waals surface area (Å²) < 4.78 is 10.4. The summed E-state index contributed by atoms with van der Waals surface area (Å²) in [6.45, 7) is 0.565. The summed E-state index contributed by atoms with van der Waals surface area (Å²) in [5, 5.41) is 4.09. The van der Waals surface area contributed by atoms with Crippen LogP contribution in [-0.4, -0.2) is 31.7 Å². The Kier molecular flexibility index (Phi) is 4.70. The molecule has 0 aliphatic carbocycles. The third-order valence-electron chi connectivity index (χ3n) is 3.99. The summed E-state index contributed by atoms with van der Waals surface area (Å²) in [6.07, 6.45) is 2.73. The summed E-state index contributed by atoms with van der Waals surface area (Å²) in [5.41, 5.74) is 2.79. The van der Waals surface area contributed by atoms with Gasteiger partial charge in [0.15, 0.2) is 0 Å². The molecule has 5 heteroatoms. The van der Waals surface area contributed by atoms with Crippen LogP contribution in [0.15, 0.2) is 48.7 Å². The van der Waals surface area contributed by atoms with Gasteiger partial charge in [-0.05, 0) is 42.3 Å². The van der Waals surface area contributed by atoms with Crippen LogP contribution in [0.1, 0.15) is 15.9 Å². The first-order valence-corrected chi connectivity index (χ1v) is 7.77. The number of rotatable bonds is 6. The Morgan fingerprint density at radius 1 is 1.08 bits per heavy atom. The van der Waals surface area contributed by atoms with Crippen molar-refractivity contribution in [2.45, 2.75) is 6.42 Å². The minimum atomic E-state index is -0.101. The van der Waals surface area contributed by atoms with Crippen LogP contribution in [-0.2, 0) is 6.42 Å². The smallest absolute Gasteiger partial charge is 0.251 e. The number of carbonyl (C=O) groups is 1. The van der Waals surface area contributed by atoms with Crippen molar-refractivity contribution >= 4 is 16.8 Å². The zero-order valence-electron chi connectivity index (χ0n) is 13.8. The third kappa shape index (κ3) is 3.35. The van der Waals surface area contributed by atoms with Crippen molar-refractivity contribution in [2.24, 2.45) is 0 Å². The first-order chi connectivity index (χ1) is 11.7. The Morgan fingerprint density at radius 2 is 1.88 bits per heavy atom. The molecular weight excluding hydrogens is 304 g/mol. The van der Waals surface area contributed by atoms with Crippen molar-refractivity contribution in [2.75, 3.05) is 20.8 Å². The van der Waals surface area contributed by atoms with Crippen LogP contribution in [0.4, 0.5) is 0 Å². The number of nitrogens with one attached hydrogen (secondary N) is 2. The van der Waals surface area contributed by atoms with Crippen molar-refractivity contribution < 1.29 is 14.3 Å². The summed E-state index contributed by atoms with van der Waals surface area (Å²) in [6, 6.07) is 13.1. The lowest BCUT2D eigenvalue weighted by Gasteiger charge is -2.06. The minimum absolute atomic E-state index is 0.101. The van der Waals surface area contributed by atoms with E-state index >= 15 is 0 Å². The van der Waals surface area contributed by atoms with Gasteiger partial charge >= 0.3 is 0 Å². The molecule has 0 bridgehead atoms. The lowest BCUT2D eigenvalue weighted by atomic mass is 10.1. The second kappa shape index (κ2) is 7.08. The summed E-state index contributed by atoms with van der Waals surface area (Å²) in [7, 11) is 3.24. The van der Waals surface area contributed by atoms with E-state index in [1.54, 1.807) is 32.4 Å². The van der Waals surface area contributed by atoms with Crippen LogP contribution < -0.4 is 14.8 Å². The van der Waals surface area contributed by atoms with Crippen molar-refractivity contribution in [3.05, 3.63) is 59.8 Å². The number of H-pyrrole nitrogens is 1. The molecule has 1 aromatic heterocycles. The van der Waals surface area contributed by atoms with E-state index in [1.165, 1.54) is 5.56 Å². The monoisotopic (exact) mass is 324 g/mol. The molecule has 1 heterocycles. The standard InChI is InChI=1S/C19H20N2O3/c1-23-15-5-3-4-13(10-15)19(22)20-9-8-14-12-21-18-11-16(24-2)6-7-17(14)18/h3-7,10-12,21H,8-9H2,1-2H3,(H,20,22). The second-order valence-corrected chi connectivity index (χ2v) is 5.46. The van der Waals surface area contributed by atoms with Crippen LogP contribution in [0, 0.1) is 0 Å². The largest absolute Gasteiger partial charge is 0.497 e. The van der Waals surface area contributed by atoms with Crippen LogP contribution in [0.2, 0.25) is 0 Å². The SMILES string of the molecule is COc1cccc(C(=O)NCCc2c[nH]c3cc(OC)ccc23)c1. The number of aromatic nitrogens is 1. The highest BCUT2D eigenvalue weighted by atomic mass is 16.5. The number of benzene rings is 2. The van der Waals surface area contributed by atoms with Crippen LogP contribution in [0.3, 0.4) is 0 Å². The molecule has 2 aromatic carbocycles. The van der Waals surface area contributed by atoms with E-state index in [0.29, 0.717) is 17.9 Å². The molecule has 0 aliphatic heterocycles. The van der Waals surface area contributed by atoms with Crippen molar-refractivity contribution in [1.29, 1.82) is 0 Å². The molecule has 1 amide bonds. The topological polar surface area (TPSA) is 63.3 Å². The van der Waals surface area contributed by atoms with Gasteiger partial charge in [-0.3, -0.25) is 4.79 Å². The Balaban J connectivity index is 1.63. The second-order valence-electron chi connectivity index (χ2n) is 5.46. The van der Waals surface area contributed by atoms with Crippen molar-refractivity contribution in [3.8, 4) is 11.5 Å². The van der Waals surface area contributed by atoms with Gasteiger partial charge in [-0.15, -0.1) is 0 Å². The highest BCUT2D eigenvalue weighted by molar-refractivity contribution is 5.94. The van der Waals surface area contributed by atoms with Gasteiger partial charge < -0.3 is 19.8 Å². The fourth-order valence-electron chi connectivity index (χ4n) is 2.68. The van der Waals surface area contributed by atoms with Crippen LogP contribution in [0.5, 0.6) is 11.5 Å². The Bertz CT molecular complexity index is 855. The average Bonchev–Trinajstić information content (AvgIpc) is 3.03. The first-order valence-electron chi connectivity index (χ1n) is 7.77. The van der Waals surface area contributed by atoms with Gasteiger partial charge in [0, 0.05) is 35.3 Å². The molecule has 0 atom stereocenters. The summed E-state index contributed by atoms with van der Waals surface area (Å²) in [4.78, 5) is 15.4. The fraction of sp³-hybridized carbons (Fsp3) is 0.211. The predicted octanol–water partition coefficient (Wildman–Crippen LogP) is 3.16. The van der Waals surface area contributed by atoms with Gasteiger partial charge in [-0.1, -0.05) is 6.07 Å². The number of carbonyl (C=O) groups excluding carboxylic acids is 1. The van der Waals surface area contributed by atoms with Crippen LogP contribution >= 0.6 is 0 Å². The van der Waals surface area contributed by atoms with Gasteiger partial charge in [0.05, 0.1) is 14.2 Å². The van der Waals surface area contributed by atoms with Gasteiger partial charge in [0.1, 0.15) is 11.5 Å². The molecule has 2 N–H and O–H groups in total. The van der Waals surface area contributed by atoms with Crippen molar-refractivity contribution in [1.82, 2.24) is 10.3 Å². The summed E-state index contributed by atoms with van der Waals surface area (Å²) in [5.74, 6) is 1.39. The highest BCUT2D eigenvalue weighted by Gasteiger charge is 2.08. The normalized spacial score (nSPS) is 10.6. The molecule has 24 heavy (non-hydrogen) atoms. The van der Waals surface area contributed by atoms with Crippen molar-refractivity contribution in [3.63, 3.8) is 0 Å². The zero-order chi connectivity index (χ0) is 16.9. The number of amides is 1. The van der Waals surface area contributed by atoms with E-state index in [4.69, 9.17) is 9.47 Å². The predicted molar refractivity (Wildman–Crippen MR) is 93.9 cm³/mol. The number of methoxy groups -OCH3 is 2. The molecule has 0 spiro atoms. The quantitative estimate of drug-likeness (QED) is 0.732. The van der Waals surface area contributed by atoms with E-state index in [9.17, 15) is 4.79 Å². The lowest BCUT2D eigenvalue weighted by Crippen LogP contribution is -2.25. The molecule has 5 nitrogen and oxygen atoms in total. The maximum Gasteiger partial charge on any atom is 0.251 e. The Hall–Kier alpha value is -2.95. The van der Waals surface area contributed by atoms with E-state index in [1.807, 2.05) is 30.5 Å². The maximum atomic E-state index is 12.2. The number of ether oxygens (including phenoxy) is 2. The van der Waals surface area contributed by atoms with E-state index < -0.39 is 0 Å². The lowest BCUT2D eigenvalue weighted by molar-refractivity contribution is 0.0954. The molecule has 124 valence electrons. The van der Waals surface area contributed by atoms with Gasteiger partial charge in [-0.2, -0.15) is 0 Å². The number of fused-ring (bicyclic) bond motifs is 1. The van der Waals surface area contributed by atoms with E-state index in [2.05, 4.69) is 10.3 Å². The highest BCUT2D eigenvalue weighted by Crippen LogP contribution is 2.23. The number of hydrogen-bond donors (Lipinski definition) is 2. The molecule has 0 radical (unpaired) electrons. The molecule has 3 aromatic rings. The zero-order valence-corrected chi connectivity index (χ0v) is 13.8. The molecule has 0 unspecified atom stereocenters. The molecule has 0 fully saturated rings. The molecular formula is C19H20N2O3. The summed E-state index contributed by atoms with van der Waals surface area (Å²) >= 11 is 0. The van der Waals surface area contributed by atoms with E-state index in [-0.39, 0.29) is 5.91 Å². The van der Waals surface area contributed by atoms with Gasteiger partial charge in [0.25, 0.3) is 5.91 Å². The third-order valence-corrected chi connectivity index (χ3v) is 3.99. The molecule has 0 saturated heterocycles. The molecule has 3 rings (SSSR count). The first kappa shape index (κ1) is 15.9. The number of aromatic amines is 1. The maximum absolute atomic E-state index is 12.2. The van der Waals surface area contributed by atoms with E-state index in [0.717, 1.165) is 23.1 Å². The molecule has 0 saturated carbocycles. The minimum Gasteiger partial charge on any atom is -0.497 e. The van der Waals surface area contributed by atoms with Gasteiger partial charge in [-0.25, -0.2) is 0 Å². The molecule has 0 aliphatic rings. The average molecular weight is 324 g/mol. The Labute approximate surface area is 140 Å². The Morgan fingerprint density at radius 3 is 2.67 bits per heavy atom. The van der Waals surface area contributed by atoms with Gasteiger partial charge in [0.2, 0.25) is 0 Å².